The molecule has 31 heavy (non-hydrogen) atoms. The number of alkyl halides is 1. The Morgan fingerprint density at radius 1 is 1.29 bits per heavy atom. The zero-order valence-corrected chi connectivity index (χ0v) is 17.7. The predicted molar refractivity (Wildman–Crippen MR) is 117 cm³/mol. The van der Waals surface area contributed by atoms with Crippen molar-refractivity contribution in [1.82, 2.24) is 15.3 Å². The van der Waals surface area contributed by atoms with Crippen LogP contribution in [0, 0.1) is 10.8 Å². The smallest absolute Gasteiger partial charge is 0.253 e. The quantitative estimate of drug-likeness (QED) is 0.595. The monoisotopic (exact) mass is 419 g/mol. The Labute approximate surface area is 180 Å². The molecule has 2 aromatic heterocycles. The van der Waals surface area contributed by atoms with Gasteiger partial charge in [-0.1, -0.05) is 31.2 Å². The number of rotatable bonds is 5. The molecule has 0 bridgehead atoms. The van der Waals surface area contributed by atoms with E-state index in [1.54, 1.807) is 12.4 Å². The summed E-state index contributed by atoms with van der Waals surface area (Å²) >= 11 is 0. The van der Waals surface area contributed by atoms with E-state index in [-0.39, 0.29) is 30.0 Å². The Bertz CT molecular complexity index is 1150. The van der Waals surface area contributed by atoms with E-state index in [2.05, 4.69) is 34.4 Å². The number of halogens is 1. The van der Waals surface area contributed by atoms with E-state index < -0.39 is 0 Å². The molecule has 1 aromatic carbocycles. The normalized spacial score (nSPS) is 25.3. The van der Waals surface area contributed by atoms with Crippen LogP contribution < -0.4 is 5.32 Å². The standard InChI is InChI=1S/C25H26FN3O2/c1-24(16-26)14-25(15-24)7-5-17(6-8-25)20-4-2-3-18-11-19(12-28-22(18)20)23(30)29-13-21-27-9-10-31-21/h2-5,9-12H,6-8,13-16H2,1H3,(H,29,30). The summed E-state index contributed by atoms with van der Waals surface area (Å²) in [7, 11) is 0. The van der Waals surface area contributed by atoms with Crippen molar-refractivity contribution in [1.29, 1.82) is 0 Å². The fourth-order valence-electron chi connectivity index (χ4n) is 5.51. The number of carbonyl (C=O) groups is 1. The SMILES string of the molecule is CC1(CF)CC2(CC=C(c3cccc4cc(C(=O)NCc5ncco5)cnc34)CC2)C1. The number of benzene rings is 1. The van der Waals surface area contributed by atoms with Crippen LogP contribution in [0.1, 0.15) is 60.8 Å². The third-order valence-electron chi connectivity index (χ3n) is 6.84. The van der Waals surface area contributed by atoms with Crippen LogP contribution in [0.15, 0.2) is 53.4 Å². The zero-order valence-electron chi connectivity index (χ0n) is 17.7. The van der Waals surface area contributed by atoms with Gasteiger partial charge in [0, 0.05) is 17.1 Å². The lowest BCUT2D eigenvalue weighted by Gasteiger charge is -2.55. The van der Waals surface area contributed by atoms with Crippen molar-refractivity contribution in [3.63, 3.8) is 0 Å². The Morgan fingerprint density at radius 3 is 2.87 bits per heavy atom. The van der Waals surface area contributed by atoms with Crippen LogP contribution in [0.5, 0.6) is 0 Å². The Balaban J connectivity index is 1.34. The van der Waals surface area contributed by atoms with Gasteiger partial charge in [0.15, 0.2) is 0 Å². The van der Waals surface area contributed by atoms with Crippen molar-refractivity contribution in [2.45, 2.75) is 45.6 Å². The van der Waals surface area contributed by atoms with Gasteiger partial charge < -0.3 is 9.73 Å². The molecule has 1 N–H and O–H groups in total. The minimum Gasteiger partial charge on any atom is -0.447 e. The average Bonchev–Trinajstić information content (AvgIpc) is 3.30. The number of oxazole rings is 1. The van der Waals surface area contributed by atoms with Crippen molar-refractivity contribution in [3.8, 4) is 0 Å². The number of nitrogens with zero attached hydrogens (tertiary/aromatic N) is 2. The first-order chi connectivity index (χ1) is 15.0. The van der Waals surface area contributed by atoms with Crippen molar-refractivity contribution in [2.24, 2.45) is 10.8 Å². The molecule has 5 rings (SSSR count). The third kappa shape index (κ3) is 3.75. The van der Waals surface area contributed by atoms with Gasteiger partial charge in [0.1, 0.15) is 6.26 Å². The molecule has 0 radical (unpaired) electrons. The van der Waals surface area contributed by atoms with Crippen molar-refractivity contribution in [2.75, 3.05) is 6.67 Å². The van der Waals surface area contributed by atoms with E-state index in [1.807, 2.05) is 18.2 Å². The van der Waals surface area contributed by atoms with Crippen LogP contribution in [0.2, 0.25) is 0 Å². The first-order valence-electron chi connectivity index (χ1n) is 10.8. The molecule has 3 aromatic rings. The summed E-state index contributed by atoms with van der Waals surface area (Å²) in [6.45, 7) is 2.08. The van der Waals surface area contributed by atoms with Crippen molar-refractivity contribution in [3.05, 3.63) is 66.0 Å². The van der Waals surface area contributed by atoms with Gasteiger partial charge in [0.25, 0.3) is 5.91 Å². The molecule has 0 unspecified atom stereocenters. The Morgan fingerprint density at radius 2 is 2.16 bits per heavy atom. The Kier molecular flexibility index (Phi) is 4.88. The van der Waals surface area contributed by atoms with Gasteiger partial charge in [-0.05, 0) is 54.6 Å². The maximum Gasteiger partial charge on any atom is 0.253 e. The minimum atomic E-state index is -0.216. The highest BCUT2D eigenvalue weighted by atomic mass is 19.1. The van der Waals surface area contributed by atoms with Gasteiger partial charge in [-0.3, -0.25) is 14.2 Å². The highest BCUT2D eigenvalue weighted by molar-refractivity contribution is 5.99. The maximum absolute atomic E-state index is 13.2. The number of hydrogen-bond donors (Lipinski definition) is 1. The molecule has 1 fully saturated rings. The largest absolute Gasteiger partial charge is 0.447 e. The fourth-order valence-corrected chi connectivity index (χ4v) is 5.51. The van der Waals surface area contributed by atoms with Crippen LogP contribution in [-0.2, 0) is 6.54 Å². The van der Waals surface area contributed by atoms with Crippen LogP contribution in [0.25, 0.3) is 16.5 Å². The van der Waals surface area contributed by atoms with E-state index in [0.29, 0.717) is 11.5 Å². The van der Waals surface area contributed by atoms with Gasteiger partial charge in [0.05, 0.1) is 30.5 Å². The number of aromatic nitrogens is 2. The molecule has 1 spiro atoms. The second kappa shape index (κ2) is 7.59. The molecule has 160 valence electrons. The summed E-state index contributed by atoms with van der Waals surface area (Å²) < 4.78 is 18.4. The molecule has 6 heteroatoms. The molecule has 2 heterocycles. The van der Waals surface area contributed by atoms with Crippen LogP contribution in [0.3, 0.4) is 0 Å². The number of carbonyl (C=O) groups excluding carboxylic acids is 1. The second-order valence-electron chi connectivity index (χ2n) is 9.44. The van der Waals surface area contributed by atoms with Crippen molar-refractivity contribution < 1.29 is 13.6 Å². The minimum absolute atomic E-state index is 0.115. The Hall–Kier alpha value is -3.02. The summed E-state index contributed by atoms with van der Waals surface area (Å²) in [6, 6.07) is 7.98. The first kappa shape index (κ1) is 19.9. The van der Waals surface area contributed by atoms with Crippen LogP contribution in [-0.4, -0.2) is 22.5 Å². The first-order valence-corrected chi connectivity index (χ1v) is 10.8. The topological polar surface area (TPSA) is 68.0 Å². The molecule has 1 amide bonds. The van der Waals surface area contributed by atoms with E-state index in [9.17, 15) is 9.18 Å². The third-order valence-corrected chi connectivity index (χ3v) is 6.84. The van der Waals surface area contributed by atoms with Crippen LogP contribution in [0.4, 0.5) is 4.39 Å². The average molecular weight is 420 g/mol. The highest BCUT2D eigenvalue weighted by Crippen LogP contribution is 2.61. The lowest BCUT2D eigenvalue weighted by molar-refractivity contribution is -0.0481. The number of fused-ring (bicyclic) bond motifs is 1. The van der Waals surface area contributed by atoms with E-state index in [4.69, 9.17) is 4.42 Å². The molecule has 2 aliphatic rings. The highest BCUT2D eigenvalue weighted by Gasteiger charge is 2.51. The summed E-state index contributed by atoms with van der Waals surface area (Å²) in [5.41, 5.74) is 4.03. The lowest BCUT2D eigenvalue weighted by atomic mass is 9.50. The number of pyridine rings is 1. The molecule has 0 aliphatic heterocycles. The number of para-hydroxylation sites is 1. The van der Waals surface area contributed by atoms with Gasteiger partial charge in [-0.15, -0.1) is 0 Å². The van der Waals surface area contributed by atoms with Crippen LogP contribution >= 0.6 is 0 Å². The predicted octanol–water partition coefficient (Wildman–Crippen LogP) is 5.48. The summed E-state index contributed by atoms with van der Waals surface area (Å²) in [5.74, 6) is 0.252. The van der Waals surface area contributed by atoms with Gasteiger partial charge in [-0.2, -0.15) is 0 Å². The van der Waals surface area contributed by atoms with Gasteiger partial charge in [0.2, 0.25) is 5.89 Å². The molecule has 0 saturated heterocycles. The molecular weight excluding hydrogens is 393 g/mol. The number of amides is 1. The fraction of sp³-hybridized carbons (Fsp3) is 0.400. The van der Waals surface area contributed by atoms with Gasteiger partial charge >= 0.3 is 0 Å². The zero-order chi connectivity index (χ0) is 21.5. The number of nitrogens with one attached hydrogen (secondary N) is 1. The molecular formula is C25H26FN3O2. The second-order valence-corrected chi connectivity index (χ2v) is 9.44. The van der Waals surface area contributed by atoms with Gasteiger partial charge in [-0.25, -0.2) is 4.98 Å². The van der Waals surface area contributed by atoms with E-state index in [0.717, 1.165) is 48.6 Å². The molecule has 1 saturated carbocycles. The molecule has 5 nitrogen and oxygen atoms in total. The molecule has 2 aliphatic carbocycles. The summed E-state index contributed by atoms with van der Waals surface area (Å²) in [4.78, 5) is 21.1. The number of allylic oxidation sites excluding steroid dienone is 2. The summed E-state index contributed by atoms with van der Waals surface area (Å²) in [5, 5.41) is 3.74. The number of hydrogen-bond acceptors (Lipinski definition) is 4. The maximum atomic E-state index is 13.2. The summed E-state index contributed by atoms with van der Waals surface area (Å²) in [6.07, 6.45) is 12.1. The van der Waals surface area contributed by atoms with E-state index in [1.165, 1.54) is 11.8 Å². The van der Waals surface area contributed by atoms with E-state index >= 15 is 0 Å². The van der Waals surface area contributed by atoms with Crippen molar-refractivity contribution >= 4 is 22.4 Å². The lowest BCUT2D eigenvalue weighted by Crippen LogP contribution is -2.46. The molecule has 0 atom stereocenters.